The molecule has 0 aliphatic heterocycles. The van der Waals surface area contributed by atoms with E-state index in [1.54, 1.807) is 12.1 Å². The number of pyridine rings is 1. The molecule has 0 saturated heterocycles. The summed E-state index contributed by atoms with van der Waals surface area (Å²) in [5.41, 5.74) is -1.48. The van der Waals surface area contributed by atoms with E-state index in [0.717, 1.165) is 27.8 Å². The normalized spacial score (nSPS) is 11.8. The van der Waals surface area contributed by atoms with Crippen molar-refractivity contribution in [1.29, 1.82) is 0 Å². The fraction of sp³-hybridized carbons (Fsp3) is 0.154. The summed E-state index contributed by atoms with van der Waals surface area (Å²) in [5, 5.41) is 5.51. The minimum absolute atomic E-state index is 0.129. The Kier molecular flexibility index (Phi) is 3.57. The molecule has 0 fully saturated rings. The number of alkyl halides is 3. The SMILES string of the molecule is O=c1ccc(C(F)(F)F)cn1Cc1noc(-c2cccs2)n1. The maximum Gasteiger partial charge on any atom is 0.417 e. The van der Waals surface area contributed by atoms with E-state index in [4.69, 9.17) is 4.52 Å². The van der Waals surface area contributed by atoms with Crippen LogP contribution >= 0.6 is 11.3 Å². The van der Waals surface area contributed by atoms with Crippen LogP contribution in [0.1, 0.15) is 11.4 Å². The van der Waals surface area contributed by atoms with Gasteiger partial charge in [0, 0.05) is 12.3 Å². The lowest BCUT2D eigenvalue weighted by Gasteiger charge is -2.08. The lowest BCUT2D eigenvalue weighted by Crippen LogP contribution is -2.22. The Morgan fingerprint density at radius 1 is 1.27 bits per heavy atom. The Bertz CT molecular complexity index is 837. The van der Waals surface area contributed by atoms with Crippen molar-refractivity contribution in [2.75, 3.05) is 0 Å². The second kappa shape index (κ2) is 5.41. The van der Waals surface area contributed by atoms with Crippen LogP contribution in [-0.4, -0.2) is 14.7 Å². The molecule has 5 nitrogen and oxygen atoms in total. The molecule has 0 bridgehead atoms. The van der Waals surface area contributed by atoms with E-state index >= 15 is 0 Å². The predicted octanol–water partition coefficient (Wildman–Crippen LogP) is 3.03. The van der Waals surface area contributed by atoms with Gasteiger partial charge in [0.25, 0.3) is 11.4 Å². The molecule has 0 aliphatic carbocycles. The van der Waals surface area contributed by atoms with E-state index in [2.05, 4.69) is 10.1 Å². The van der Waals surface area contributed by atoms with E-state index in [1.165, 1.54) is 11.3 Å². The van der Waals surface area contributed by atoms with Gasteiger partial charge in [-0.3, -0.25) is 4.79 Å². The molecule has 3 heterocycles. The number of hydrogen-bond donors (Lipinski definition) is 0. The Hall–Kier alpha value is -2.42. The number of rotatable bonds is 3. The van der Waals surface area contributed by atoms with Crippen molar-refractivity contribution in [2.45, 2.75) is 12.7 Å². The van der Waals surface area contributed by atoms with Crippen molar-refractivity contribution in [3.63, 3.8) is 0 Å². The number of halogens is 3. The zero-order valence-corrected chi connectivity index (χ0v) is 11.7. The van der Waals surface area contributed by atoms with Gasteiger partial charge in [-0.2, -0.15) is 18.2 Å². The van der Waals surface area contributed by atoms with Crippen LogP contribution in [-0.2, 0) is 12.7 Å². The van der Waals surface area contributed by atoms with Crippen molar-refractivity contribution in [3.05, 3.63) is 57.6 Å². The van der Waals surface area contributed by atoms with Crippen LogP contribution in [0.5, 0.6) is 0 Å². The summed E-state index contributed by atoms with van der Waals surface area (Å²) in [5.74, 6) is 0.398. The third-order valence-electron chi connectivity index (χ3n) is 2.82. The molecule has 3 rings (SSSR count). The van der Waals surface area contributed by atoms with E-state index in [0.29, 0.717) is 0 Å². The summed E-state index contributed by atoms with van der Waals surface area (Å²) < 4.78 is 43.9. The average Bonchev–Trinajstić information content (AvgIpc) is 3.10. The molecule has 0 spiro atoms. The summed E-state index contributed by atoms with van der Waals surface area (Å²) in [4.78, 5) is 16.5. The van der Waals surface area contributed by atoms with Gasteiger partial charge in [0.2, 0.25) is 0 Å². The molecule has 0 aromatic carbocycles. The second-order valence-corrected chi connectivity index (χ2v) is 5.32. The van der Waals surface area contributed by atoms with Gasteiger partial charge in [-0.25, -0.2) is 0 Å². The number of hydrogen-bond acceptors (Lipinski definition) is 5. The molecule has 0 N–H and O–H groups in total. The first-order valence-corrected chi connectivity index (χ1v) is 6.95. The molecule has 0 atom stereocenters. The minimum atomic E-state index is -4.52. The van der Waals surface area contributed by atoms with Crippen LogP contribution in [0.25, 0.3) is 10.8 Å². The van der Waals surface area contributed by atoms with Crippen molar-refractivity contribution in [2.24, 2.45) is 0 Å². The van der Waals surface area contributed by atoms with E-state index in [1.807, 2.05) is 5.38 Å². The molecular formula is C13H8F3N3O2S. The zero-order valence-electron chi connectivity index (χ0n) is 10.9. The molecule has 3 aromatic heterocycles. The molecule has 0 saturated carbocycles. The van der Waals surface area contributed by atoms with Gasteiger partial charge < -0.3 is 9.09 Å². The summed E-state index contributed by atoms with van der Waals surface area (Å²) in [7, 11) is 0. The first-order valence-electron chi connectivity index (χ1n) is 6.07. The summed E-state index contributed by atoms with van der Waals surface area (Å²) in [6.07, 6.45) is -3.78. The van der Waals surface area contributed by atoms with Crippen LogP contribution in [0.2, 0.25) is 0 Å². The first kappa shape index (κ1) is 14.5. The van der Waals surface area contributed by atoms with Crippen LogP contribution in [0.15, 0.2) is 45.2 Å². The van der Waals surface area contributed by atoms with Gasteiger partial charge in [-0.05, 0) is 17.5 Å². The second-order valence-electron chi connectivity index (χ2n) is 4.37. The molecule has 0 aliphatic rings. The standard InChI is InChI=1S/C13H8F3N3O2S/c14-13(15,16)8-3-4-11(20)19(6-8)7-10-17-12(21-18-10)9-2-1-5-22-9/h1-6H,7H2. The maximum absolute atomic E-state index is 12.7. The first-order chi connectivity index (χ1) is 10.4. The zero-order chi connectivity index (χ0) is 15.7. The van der Waals surface area contributed by atoms with Crippen LogP contribution in [0.3, 0.4) is 0 Å². The fourth-order valence-corrected chi connectivity index (χ4v) is 2.44. The number of nitrogens with zero attached hydrogens (tertiary/aromatic N) is 3. The van der Waals surface area contributed by atoms with E-state index in [-0.39, 0.29) is 18.3 Å². The topological polar surface area (TPSA) is 60.9 Å². The third-order valence-corrected chi connectivity index (χ3v) is 3.68. The summed E-state index contributed by atoms with van der Waals surface area (Å²) >= 11 is 1.39. The molecule has 3 aromatic rings. The van der Waals surface area contributed by atoms with E-state index < -0.39 is 17.3 Å². The number of aromatic nitrogens is 3. The molecular weight excluding hydrogens is 319 g/mol. The van der Waals surface area contributed by atoms with Gasteiger partial charge in [0.05, 0.1) is 17.0 Å². The Morgan fingerprint density at radius 3 is 2.77 bits per heavy atom. The highest BCUT2D eigenvalue weighted by molar-refractivity contribution is 7.13. The highest BCUT2D eigenvalue weighted by atomic mass is 32.1. The molecule has 0 radical (unpaired) electrons. The monoisotopic (exact) mass is 327 g/mol. The van der Waals surface area contributed by atoms with Crippen molar-refractivity contribution in [1.82, 2.24) is 14.7 Å². The molecule has 22 heavy (non-hydrogen) atoms. The van der Waals surface area contributed by atoms with Crippen molar-refractivity contribution >= 4 is 11.3 Å². The highest BCUT2D eigenvalue weighted by Crippen LogP contribution is 2.28. The highest BCUT2D eigenvalue weighted by Gasteiger charge is 2.31. The predicted molar refractivity (Wildman–Crippen MR) is 72.4 cm³/mol. The van der Waals surface area contributed by atoms with Crippen LogP contribution in [0, 0.1) is 0 Å². The van der Waals surface area contributed by atoms with Gasteiger partial charge in [0.1, 0.15) is 0 Å². The summed E-state index contributed by atoms with van der Waals surface area (Å²) in [6.45, 7) is -0.197. The van der Waals surface area contributed by atoms with Gasteiger partial charge >= 0.3 is 6.18 Å². The maximum atomic E-state index is 12.7. The fourth-order valence-electron chi connectivity index (χ4n) is 1.79. The molecule has 114 valence electrons. The van der Waals surface area contributed by atoms with Crippen molar-refractivity contribution in [3.8, 4) is 10.8 Å². The van der Waals surface area contributed by atoms with Crippen molar-refractivity contribution < 1.29 is 17.7 Å². The summed E-state index contributed by atoms with van der Waals surface area (Å²) in [6, 6.07) is 5.19. The van der Waals surface area contributed by atoms with Gasteiger partial charge in [-0.1, -0.05) is 11.2 Å². The lowest BCUT2D eigenvalue weighted by molar-refractivity contribution is -0.138. The average molecular weight is 327 g/mol. The smallest absolute Gasteiger partial charge is 0.333 e. The third kappa shape index (κ3) is 2.93. The van der Waals surface area contributed by atoms with Gasteiger partial charge in [-0.15, -0.1) is 11.3 Å². The largest absolute Gasteiger partial charge is 0.417 e. The number of thiophene rings is 1. The van der Waals surface area contributed by atoms with Crippen LogP contribution < -0.4 is 5.56 Å². The Labute approximate surface area is 125 Å². The molecule has 0 amide bonds. The van der Waals surface area contributed by atoms with E-state index in [9.17, 15) is 18.0 Å². The van der Waals surface area contributed by atoms with Crippen LogP contribution in [0.4, 0.5) is 13.2 Å². The van der Waals surface area contributed by atoms with Gasteiger partial charge in [0.15, 0.2) is 5.82 Å². The molecule has 0 unspecified atom stereocenters. The lowest BCUT2D eigenvalue weighted by atomic mass is 10.3. The Balaban J connectivity index is 1.89. The Morgan fingerprint density at radius 2 is 2.09 bits per heavy atom. The quantitative estimate of drug-likeness (QED) is 0.742. The minimum Gasteiger partial charge on any atom is -0.333 e. The molecule has 9 heteroatoms.